The molecular weight excluding hydrogens is 787 g/mol. The number of para-hydroxylation sites is 4. The first kappa shape index (κ1) is 34.9. The number of benzene rings is 9. The van der Waals surface area contributed by atoms with Gasteiger partial charge in [-0.3, -0.25) is 0 Å². The summed E-state index contributed by atoms with van der Waals surface area (Å²) < 4.78 is 18.3. The van der Waals surface area contributed by atoms with E-state index in [0.29, 0.717) is 17.5 Å². The fourth-order valence-electron chi connectivity index (χ4n) is 9.95. The van der Waals surface area contributed by atoms with Crippen molar-refractivity contribution in [1.82, 2.24) is 24.1 Å². The first-order valence-electron chi connectivity index (χ1n) is 21.4. The smallest absolute Gasteiger partial charge is 0.166 e. The molecule has 0 radical (unpaired) electrons. The topological polar surface area (TPSA) is 74.8 Å². The molecule has 298 valence electrons. The zero-order chi connectivity index (χ0) is 41.9. The summed E-state index contributed by atoms with van der Waals surface area (Å²) in [6.07, 6.45) is 0. The van der Waals surface area contributed by atoms with E-state index in [0.717, 1.165) is 116 Å². The van der Waals surface area contributed by atoms with Crippen LogP contribution in [0.1, 0.15) is 0 Å². The molecule has 9 aromatic carbocycles. The van der Waals surface area contributed by atoms with Gasteiger partial charge in [0, 0.05) is 65.5 Å². The van der Waals surface area contributed by atoms with Crippen LogP contribution in [0.15, 0.2) is 209 Å². The Morgan fingerprint density at radius 2 is 0.766 bits per heavy atom. The van der Waals surface area contributed by atoms with Crippen molar-refractivity contribution in [3.63, 3.8) is 0 Å². The Morgan fingerprint density at radius 3 is 1.33 bits per heavy atom. The van der Waals surface area contributed by atoms with Gasteiger partial charge in [0.25, 0.3) is 0 Å². The maximum Gasteiger partial charge on any atom is 0.166 e. The molecule has 0 atom stereocenters. The van der Waals surface area contributed by atoms with E-state index in [2.05, 4.69) is 124 Å². The van der Waals surface area contributed by atoms with Crippen LogP contribution >= 0.6 is 0 Å². The average Bonchev–Trinajstić information content (AvgIpc) is 4.12. The molecule has 0 fully saturated rings. The Labute approximate surface area is 364 Å². The van der Waals surface area contributed by atoms with Crippen LogP contribution in [0.25, 0.3) is 133 Å². The van der Waals surface area contributed by atoms with E-state index in [4.69, 9.17) is 23.8 Å². The van der Waals surface area contributed by atoms with Gasteiger partial charge < -0.3 is 18.0 Å². The number of hydrogen-bond donors (Lipinski definition) is 0. The predicted octanol–water partition coefficient (Wildman–Crippen LogP) is 14.9. The molecular formula is C57H33N5O2. The Hall–Kier alpha value is -8.81. The molecule has 0 N–H and O–H groups in total. The lowest BCUT2D eigenvalue weighted by molar-refractivity contribution is 0.670. The Balaban J connectivity index is 1.14. The number of aromatic nitrogens is 5. The highest BCUT2D eigenvalue weighted by Gasteiger charge is 2.25. The van der Waals surface area contributed by atoms with Crippen molar-refractivity contribution in [3.8, 4) is 45.5 Å². The minimum Gasteiger partial charge on any atom is -0.454 e. The average molecular weight is 820 g/mol. The lowest BCUT2D eigenvalue weighted by Crippen LogP contribution is -2.05. The Kier molecular flexibility index (Phi) is 7.27. The highest BCUT2D eigenvalue weighted by Crippen LogP contribution is 2.44. The molecule has 0 spiro atoms. The van der Waals surface area contributed by atoms with Gasteiger partial charge in [-0.1, -0.05) is 146 Å². The summed E-state index contributed by atoms with van der Waals surface area (Å²) in [6.45, 7) is 0. The molecule has 64 heavy (non-hydrogen) atoms. The van der Waals surface area contributed by atoms with E-state index < -0.39 is 0 Å². The molecule has 0 aliphatic rings. The van der Waals surface area contributed by atoms with Gasteiger partial charge in [-0.2, -0.15) is 0 Å². The summed E-state index contributed by atoms with van der Waals surface area (Å²) in [7, 11) is 0. The van der Waals surface area contributed by atoms with E-state index in [1.165, 1.54) is 0 Å². The summed E-state index contributed by atoms with van der Waals surface area (Å²) in [5.74, 6) is 1.72. The van der Waals surface area contributed by atoms with Gasteiger partial charge in [0.15, 0.2) is 28.6 Å². The highest BCUT2D eigenvalue weighted by molar-refractivity contribution is 6.23. The van der Waals surface area contributed by atoms with Crippen LogP contribution in [0.2, 0.25) is 0 Å². The Bertz CT molecular complexity index is 4140. The lowest BCUT2D eigenvalue weighted by Gasteiger charge is -2.17. The number of nitrogens with zero attached hydrogens (tertiary/aromatic N) is 5. The van der Waals surface area contributed by atoms with Crippen LogP contribution in [-0.2, 0) is 0 Å². The van der Waals surface area contributed by atoms with Crippen molar-refractivity contribution in [2.24, 2.45) is 0 Å². The number of rotatable bonds is 5. The summed E-state index contributed by atoms with van der Waals surface area (Å²) in [4.78, 5) is 15.8. The van der Waals surface area contributed by atoms with Crippen LogP contribution in [0.4, 0.5) is 0 Å². The second kappa shape index (κ2) is 13.3. The third-order valence-electron chi connectivity index (χ3n) is 12.8. The van der Waals surface area contributed by atoms with Gasteiger partial charge in [-0.05, 0) is 54.6 Å². The molecule has 0 saturated carbocycles. The monoisotopic (exact) mass is 819 g/mol. The van der Waals surface area contributed by atoms with Crippen LogP contribution in [-0.4, -0.2) is 24.1 Å². The molecule has 0 aliphatic carbocycles. The minimum absolute atomic E-state index is 0.543. The molecule has 0 aliphatic heterocycles. The Morgan fingerprint density at radius 1 is 0.328 bits per heavy atom. The van der Waals surface area contributed by atoms with Gasteiger partial charge in [0.05, 0.1) is 27.8 Å². The van der Waals surface area contributed by atoms with Gasteiger partial charge in [-0.25, -0.2) is 15.0 Å². The molecule has 14 rings (SSSR count). The molecule has 7 nitrogen and oxygen atoms in total. The lowest BCUT2D eigenvalue weighted by atomic mass is 10.1. The summed E-state index contributed by atoms with van der Waals surface area (Å²) in [5.41, 5.74) is 11.9. The van der Waals surface area contributed by atoms with Gasteiger partial charge in [0.2, 0.25) is 0 Å². The van der Waals surface area contributed by atoms with E-state index in [1.54, 1.807) is 0 Å². The number of furan rings is 2. The zero-order valence-corrected chi connectivity index (χ0v) is 34.1. The summed E-state index contributed by atoms with van der Waals surface area (Å²) >= 11 is 0. The highest BCUT2D eigenvalue weighted by atomic mass is 16.3. The second-order valence-corrected chi connectivity index (χ2v) is 16.3. The van der Waals surface area contributed by atoms with Crippen LogP contribution in [0, 0.1) is 0 Å². The molecule has 7 heteroatoms. The van der Waals surface area contributed by atoms with Crippen molar-refractivity contribution < 1.29 is 8.83 Å². The van der Waals surface area contributed by atoms with Crippen molar-refractivity contribution >= 4 is 87.5 Å². The zero-order valence-electron chi connectivity index (χ0n) is 34.1. The maximum absolute atomic E-state index is 6.83. The van der Waals surface area contributed by atoms with Crippen molar-refractivity contribution in [1.29, 1.82) is 0 Å². The maximum atomic E-state index is 6.83. The van der Waals surface area contributed by atoms with Gasteiger partial charge in [-0.15, -0.1) is 0 Å². The van der Waals surface area contributed by atoms with Crippen molar-refractivity contribution in [2.75, 3.05) is 0 Å². The molecule has 5 heterocycles. The van der Waals surface area contributed by atoms with Crippen LogP contribution in [0.5, 0.6) is 0 Å². The van der Waals surface area contributed by atoms with Crippen LogP contribution < -0.4 is 0 Å². The fraction of sp³-hybridized carbons (Fsp3) is 0. The van der Waals surface area contributed by atoms with Gasteiger partial charge >= 0.3 is 0 Å². The number of fused-ring (bicyclic) bond motifs is 14. The van der Waals surface area contributed by atoms with Crippen molar-refractivity contribution in [2.45, 2.75) is 0 Å². The van der Waals surface area contributed by atoms with E-state index in [9.17, 15) is 0 Å². The minimum atomic E-state index is 0.543. The quantitative estimate of drug-likeness (QED) is 0.173. The number of hydrogen-bond acceptors (Lipinski definition) is 5. The van der Waals surface area contributed by atoms with Gasteiger partial charge in [0.1, 0.15) is 11.2 Å². The largest absolute Gasteiger partial charge is 0.454 e. The molecule has 0 amide bonds. The van der Waals surface area contributed by atoms with Crippen LogP contribution in [0.3, 0.4) is 0 Å². The SMILES string of the molecule is c1ccc(-c2nc(-c3ccccc3)nc(-c3cc(-n4c5ccccc5c5ccc6c7ccccc7oc6c54)ccc3-n3c4ccccc4c4ccc5c6ccccc6oc5c43)n2)cc1. The van der Waals surface area contributed by atoms with Crippen molar-refractivity contribution in [3.05, 3.63) is 200 Å². The van der Waals surface area contributed by atoms with E-state index in [1.807, 2.05) is 84.9 Å². The first-order valence-corrected chi connectivity index (χ1v) is 21.4. The fourth-order valence-corrected chi connectivity index (χ4v) is 9.95. The van der Waals surface area contributed by atoms with E-state index >= 15 is 0 Å². The molecule has 0 saturated heterocycles. The predicted molar refractivity (Wildman–Crippen MR) is 259 cm³/mol. The standard InChI is InChI=1S/C57H33N5O2/c1-3-15-34(16-4-1)55-58-56(35-17-5-2-6-18-35)60-57(59-55)45-33-36(61-46-23-11-7-19-37(46)41-28-30-43-39-21-9-13-25-49(39)63-53(43)51(41)61)27-32-48(45)62-47-24-12-8-20-38(47)42-29-31-44-40-22-10-14-26-50(40)64-54(44)52(42)62/h1-33H. The molecule has 0 bridgehead atoms. The third-order valence-corrected chi connectivity index (χ3v) is 12.8. The molecule has 0 unspecified atom stereocenters. The molecule has 5 aromatic heterocycles. The normalized spacial score (nSPS) is 12.1. The van der Waals surface area contributed by atoms with E-state index in [-0.39, 0.29) is 0 Å². The second-order valence-electron chi connectivity index (χ2n) is 16.3. The first-order chi connectivity index (χ1) is 31.7. The summed E-state index contributed by atoms with van der Waals surface area (Å²) in [6, 6.07) is 69.5. The molecule has 14 aromatic rings. The third kappa shape index (κ3) is 5.00. The summed E-state index contributed by atoms with van der Waals surface area (Å²) in [5, 5.41) is 8.76.